The highest BCUT2D eigenvalue weighted by Gasteiger charge is 2.34. The van der Waals surface area contributed by atoms with Crippen LogP contribution in [0.5, 0.6) is 11.5 Å². The number of nitro groups is 2. The van der Waals surface area contributed by atoms with E-state index in [2.05, 4.69) is 15.9 Å². The summed E-state index contributed by atoms with van der Waals surface area (Å²) >= 11 is 9.98. The van der Waals surface area contributed by atoms with Gasteiger partial charge in [0.2, 0.25) is 0 Å². The van der Waals surface area contributed by atoms with Crippen molar-refractivity contribution in [3.8, 4) is 11.5 Å². The largest absolute Gasteiger partial charge is 0.490 e. The van der Waals surface area contributed by atoms with Crippen LogP contribution in [0.15, 0.2) is 70.0 Å². The molecule has 1 saturated heterocycles. The van der Waals surface area contributed by atoms with Crippen LogP contribution in [0.3, 0.4) is 0 Å². The van der Waals surface area contributed by atoms with E-state index in [1.54, 1.807) is 36.4 Å². The van der Waals surface area contributed by atoms with Gasteiger partial charge in [-0.1, -0.05) is 30.0 Å². The number of hydrogen-bond acceptors (Lipinski definition) is 9. The molecule has 13 heteroatoms. The lowest BCUT2D eigenvalue weighted by atomic mass is 10.1. The molecule has 0 N–H and O–H groups in total. The summed E-state index contributed by atoms with van der Waals surface area (Å²) in [6.07, 6.45) is 1.66. The van der Waals surface area contributed by atoms with Crippen molar-refractivity contribution in [2.45, 2.75) is 13.5 Å². The van der Waals surface area contributed by atoms with E-state index in [4.69, 9.17) is 21.7 Å². The lowest BCUT2D eigenvalue weighted by molar-refractivity contribution is -0.385. The minimum absolute atomic E-state index is 0.00908. The highest BCUT2D eigenvalue weighted by molar-refractivity contribution is 9.10. The van der Waals surface area contributed by atoms with Gasteiger partial charge in [-0.2, -0.15) is 0 Å². The maximum Gasteiger partial charge on any atom is 0.271 e. The van der Waals surface area contributed by atoms with Crippen LogP contribution < -0.4 is 14.4 Å². The minimum Gasteiger partial charge on any atom is -0.490 e. The number of carbonyl (C=O) groups excluding carboxylic acids is 1. The fourth-order valence-electron chi connectivity index (χ4n) is 3.53. The molecule has 0 saturated carbocycles. The highest BCUT2D eigenvalue weighted by Crippen LogP contribution is 2.41. The lowest BCUT2D eigenvalue weighted by Crippen LogP contribution is -2.27. The number of amides is 1. The van der Waals surface area contributed by atoms with E-state index in [0.29, 0.717) is 38.7 Å². The van der Waals surface area contributed by atoms with Crippen LogP contribution in [0, 0.1) is 20.2 Å². The predicted octanol–water partition coefficient (Wildman–Crippen LogP) is 6.65. The average Bonchev–Trinajstić information content (AvgIpc) is 3.16. The van der Waals surface area contributed by atoms with Gasteiger partial charge in [-0.25, -0.2) is 0 Å². The van der Waals surface area contributed by atoms with Crippen molar-refractivity contribution < 1.29 is 24.1 Å². The summed E-state index contributed by atoms with van der Waals surface area (Å²) in [4.78, 5) is 35.8. The van der Waals surface area contributed by atoms with Crippen LogP contribution in [-0.4, -0.2) is 26.7 Å². The molecule has 0 atom stereocenters. The number of benzene rings is 3. The van der Waals surface area contributed by atoms with E-state index in [9.17, 15) is 25.0 Å². The van der Waals surface area contributed by atoms with Crippen LogP contribution in [-0.2, 0) is 11.4 Å². The molecular weight excluding hydrogens is 598 g/mol. The number of halogens is 1. The Kier molecular flexibility index (Phi) is 8.39. The topological polar surface area (TPSA) is 125 Å². The van der Waals surface area contributed by atoms with Crippen molar-refractivity contribution in [3.05, 3.63) is 101 Å². The Balaban J connectivity index is 1.58. The molecule has 3 aromatic carbocycles. The molecule has 0 bridgehead atoms. The predicted molar refractivity (Wildman–Crippen MR) is 151 cm³/mol. The number of nitrogens with zero attached hydrogens (tertiary/aromatic N) is 3. The number of thiocarbonyl (C=S) groups is 1. The van der Waals surface area contributed by atoms with Gasteiger partial charge in [0.15, 0.2) is 15.8 Å². The van der Waals surface area contributed by atoms with Crippen LogP contribution >= 0.6 is 39.9 Å². The number of non-ortho nitro benzene ring substituents is 2. The first kappa shape index (κ1) is 27.2. The molecule has 3 aromatic rings. The Bertz CT molecular complexity index is 1480. The van der Waals surface area contributed by atoms with Crippen molar-refractivity contribution >= 4 is 73.3 Å². The van der Waals surface area contributed by atoms with Crippen molar-refractivity contribution in [2.75, 3.05) is 11.5 Å². The first-order chi connectivity index (χ1) is 18.2. The molecule has 0 aliphatic carbocycles. The molecule has 38 heavy (non-hydrogen) atoms. The highest BCUT2D eigenvalue weighted by atomic mass is 79.9. The standard InChI is InChI=1S/C25H18BrN3O7S2/c1-2-35-21-11-16(10-20(26)23(21)36-14-15-6-8-17(9-7-15)28(31)32)12-22-24(30)27(25(37)38-22)18-4-3-5-19(13-18)29(33)34/h3-13H,2,14H2,1H3/b22-12-. The summed E-state index contributed by atoms with van der Waals surface area (Å²) in [7, 11) is 0. The Hall–Kier alpha value is -3.81. The fraction of sp³-hybridized carbons (Fsp3) is 0.120. The second-order valence-electron chi connectivity index (χ2n) is 7.77. The van der Waals surface area contributed by atoms with Crippen molar-refractivity contribution in [1.82, 2.24) is 0 Å². The van der Waals surface area contributed by atoms with Gasteiger partial charge < -0.3 is 9.47 Å². The molecule has 10 nitrogen and oxygen atoms in total. The molecule has 0 spiro atoms. The van der Waals surface area contributed by atoms with Crippen LogP contribution in [0.4, 0.5) is 17.1 Å². The van der Waals surface area contributed by atoms with Crippen molar-refractivity contribution in [1.29, 1.82) is 0 Å². The third kappa shape index (κ3) is 6.01. The number of nitro benzene ring substituents is 2. The average molecular weight is 616 g/mol. The van der Waals surface area contributed by atoms with Crippen LogP contribution in [0.2, 0.25) is 0 Å². The van der Waals surface area contributed by atoms with Gasteiger partial charge in [0.05, 0.1) is 31.5 Å². The molecule has 0 unspecified atom stereocenters. The molecule has 1 aliphatic heterocycles. The molecular formula is C25H18BrN3O7S2. The van der Waals surface area contributed by atoms with Gasteiger partial charge in [0, 0.05) is 24.3 Å². The Morgan fingerprint density at radius 1 is 1.03 bits per heavy atom. The van der Waals surface area contributed by atoms with E-state index in [0.717, 1.165) is 17.3 Å². The first-order valence-corrected chi connectivity index (χ1v) is 13.0. The number of ether oxygens (including phenoxy) is 2. The Labute approximate surface area is 234 Å². The van der Waals surface area contributed by atoms with Crippen LogP contribution in [0.1, 0.15) is 18.1 Å². The van der Waals surface area contributed by atoms with Gasteiger partial charge in [0.25, 0.3) is 17.3 Å². The zero-order valence-electron chi connectivity index (χ0n) is 19.7. The van der Waals surface area contributed by atoms with E-state index in [-0.39, 0.29) is 22.3 Å². The Morgan fingerprint density at radius 3 is 2.39 bits per heavy atom. The van der Waals surface area contributed by atoms with Crippen molar-refractivity contribution in [3.63, 3.8) is 0 Å². The monoisotopic (exact) mass is 615 g/mol. The Morgan fingerprint density at radius 2 is 1.74 bits per heavy atom. The normalized spacial score (nSPS) is 14.2. The molecule has 194 valence electrons. The van der Waals surface area contributed by atoms with Gasteiger partial charge in [-0.05, 0) is 70.4 Å². The molecule has 0 radical (unpaired) electrons. The smallest absolute Gasteiger partial charge is 0.271 e. The summed E-state index contributed by atoms with van der Waals surface area (Å²) in [5, 5.41) is 22.0. The number of carbonyl (C=O) groups is 1. The van der Waals surface area contributed by atoms with E-state index >= 15 is 0 Å². The summed E-state index contributed by atoms with van der Waals surface area (Å²) < 4.78 is 12.6. The number of thioether (sulfide) groups is 1. The van der Waals surface area contributed by atoms with E-state index in [1.165, 1.54) is 35.2 Å². The number of hydrogen-bond donors (Lipinski definition) is 0. The zero-order valence-corrected chi connectivity index (χ0v) is 22.9. The molecule has 4 rings (SSSR count). The maximum absolute atomic E-state index is 13.2. The maximum atomic E-state index is 13.2. The van der Waals surface area contributed by atoms with Crippen molar-refractivity contribution in [2.24, 2.45) is 0 Å². The quantitative estimate of drug-likeness (QED) is 0.112. The van der Waals surface area contributed by atoms with E-state index < -0.39 is 15.8 Å². The molecule has 0 aromatic heterocycles. The van der Waals surface area contributed by atoms with Gasteiger partial charge in [-0.15, -0.1) is 0 Å². The fourth-order valence-corrected chi connectivity index (χ4v) is 5.40. The number of anilines is 1. The van der Waals surface area contributed by atoms with Gasteiger partial charge >= 0.3 is 0 Å². The molecule has 1 fully saturated rings. The van der Waals surface area contributed by atoms with Crippen LogP contribution in [0.25, 0.3) is 6.08 Å². The molecule has 1 aliphatic rings. The SMILES string of the molecule is CCOc1cc(/C=C2\SC(=S)N(c3cccc([N+](=O)[O-])c3)C2=O)cc(Br)c1OCc1ccc([N+](=O)[O-])cc1. The lowest BCUT2D eigenvalue weighted by Gasteiger charge is -2.15. The third-order valence-corrected chi connectivity index (χ3v) is 7.14. The third-order valence-electron chi connectivity index (χ3n) is 5.25. The van der Waals surface area contributed by atoms with E-state index in [1.807, 2.05) is 6.92 Å². The molecule has 1 heterocycles. The van der Waals surface area contributed by atoms with Gasteiger partial charge in [0.1, 0.15) is 6.61 Å². The second-order valence-corrected chi connectivity index (χ2v) is 10.3. The summed E-state index contributed by atoms with van der Waals surface area (Å²) in [6, 6.07) is 15.2. The second kappa shape index (κ2) is 11.7. The number of rotatable bonds is 9. The molecule has 1 amide bonds. The first-order valence-electron chi connectivity index (χ1n) is 11.0. The zero-order chi connectivity index (χ0) is 27.4. The minimum atomic E-state index is -0.533. The van der Waals surface area contributed by atoms with Gasteiger partial charge in [-0.3, -0.25) is 29.9 Å². The summed E-state index contributed by atoms with van der Waals surface area (Å²) in [5.74, 6) is 0.476. The summed E-state index contributed by atoms with van der Waals surface area (Å²) in [6.45, 7) is 2.33. The summed E-state index contributed by atoms with van der Waals surface area (Å²) in [5.41, 5.74) is 1.54.